The van der Waals surface area contributed by atoms with E-state index in [-0.39, 0.29) is 11.6 Å². The van der Waals surface area contributed by atoms with Gasteiger partial charge in [-0.15, -0.1) is 0 Å². The van der Waals surface area contributed by atoms with E-state index >= 15 is 0 Å². The highest BCUT2D eigenvalue weighted by Crippen LogP contribution is 2.43. The van der Waals surface area contributed by atoms with Crippen LogP contribution in [0.1, 0.15) is 57.6 Å². The maximum atomic E-state index is 11.0. The van der Waals surface area contributed by atoms with E-state index < -0.39 is 5.60 Å². The third-order valence-corrected chi connectivity index (χ3v) is 5.65. The van der Waals surface area contributed by atoms with E-state index in [0.29, 0.717) is 5.56 Å². The molecule has 1 aromatic rings. The van der Waals surface area contributed by atoms with Crippen molar-refractivity contribution in [3.8, 4) is 6.07 Å². The Labute approximate surface area is 144 Å². The van der Waals surface area contributed by atoms with Gasteiger partial charge < -0.3 is 10.0 Å². The largest absolute Gasteiger partial charge is 0.388 e. The summed E-state index contributed by atoms with van der Waals surface area (Å²) in [6.07, 6.45) is 10.4. The van der Waals surface area contributed by atoms with Gasteiger partial charge in [0.2, 0.25) is 0 Å². The van der Waals surface area contributed by atoms with Crippen LogP contribution in [-0.4, -0.2) is 21.6 Å². The van der Waals surface area contributed by atoms with Crippen molar-refractivity contribution < 1.29 is 5.11 Å². The fourth-order valence-electron chi connectivity index (χ4n) is 4.32. The summed E-state index contributed by atoms with van der Waals surface area (Å²) in [6.45, 7) is 6.26. The van der Waals surface area contributed by atoms with Gasteiger partial charge in [0.15, 0.2) is 0 Å². The standard InChI is InChI=1S/C21H26N2O/c1-16-8-7-12-20(2,18-10-6-9-17(14-18)15-22)23(16)19-11-4-5-13-21(19,3)24/h6-10,12,14,19,24H,4-5,11,13H2,1-3H3. The molecule has 0 aromatic heterocycles. The van der Waals surface area contributed by atoms with Gasteiger partial charge in [0.1, 0.15) is 0 Å². The molecule has 0 amide bonds. The number of hydrogen-bond donors (Lipinski definition) is 1. The predicted octanol–water partition coefficient (Wildman–Crippen LogP) is 4.24. The molecule has 2 aliphatic rings. The first-order valence-electron chi connectivity index (χ1n) is 8.77. The number of nitriles is 1. The zero-order chi connectivity index (χ0) is 17.4. The number of aliphatic hydroxyl groups is 1. The van der Waals surface area contributed by atoms with Crippen molar-refractivity contribution in [2.24, 2.45) is 0 Å². The van der Waals surface area contributed by atoms with E-state index in [1.54, 1.807) is 0 Å². The Kier molecular flexibility index (Phi) is 4.27. The molecule has 3 unspecified atom stereocenters. The average Bonchev–Trinajstić information content (AvgIpc) is 2.56. The minimum Gasteiger partial charge on any atom is -0.388 e. The van der Waals surface area contributed by atoms with Crippen molar-refractivity contribution in [3.05, 3.63) is 59.3 Å². The number of rotatable bonds is 2. The molecule has 1 aliphatic heterocycles. The summed E-state index contributed by atoms with van der Waals surface area (Å²) >= 11 is 0. The minimum absolute atomic E-state index is 0.0724. The predicted molar refractivity (Wildman–Crippen MR) is 96.1 cm³/mol. The first-order valence-corrected chi connectivity index (χ1v) is 8.77. The van der Waals surface area contributed by atoms with Gasteiger partial charge in [-0.05, 0) is 57.4 Å². The Morgan fingerprint density at radius 1 is 1.29 bits per heavy atom. The van der Waals surface area contributed by atoms with Crippen molar-refractivity contribution in [2.45, 2.75) is 63.6 Å². The molecule has 0 bridgehead atoms. The average molecular weight is 322 g/mol. The molecular formula is C21H26N2O. The van der Waals surface area contributed by atoms with Gasteiger partial charge in [0.05, 0.1) is 28.8 Å². The highest BCUT2D eigenvalue weighted by molar-refractivity contribution is 5.41. The smallest absolute Gasteiger partial charge is 0.0991 e. The van der Waals surface area contributed by atoms with Crippen molar-refractivity contribution >= 4 is 0 Å². The zero-order valence-corrected chi connectivity index (χ0v) is 14.8. The number of allylic oxidation sites excluding steroid dienone is 3. The summed E-state index contributed by atoms with van der Waals surface area (Å²) < 4.78 is 0. The minimum atomic E-state index is -0.702. The van der Waals surface area contributed by atoms with E-state index in [0.717, 1.165) is 36.9 Å². The van der Waals surface area contributed by atoms with Crippen LogP contribution < -0.4 is 0 Å². The SMILES string of the molecule is CC1=CC=CC(C)(c2cccc(C#N)c2)N1C1CCCCC1(C)O. The second-order valence-corrected chi connectivity index (χ2v) is 7.50. The van der Waals surface area contributed by atoms with Gasteiger partial charge in [0.25, 0.3) is 0 Å². The fourth-order valence-corrected chi connectivity index (χ4v) is 4.32. The number of nitrogens with zero attached hydrogens (tertiary/aromatic N) is 2. The molecule has 3 nitrogen and oxygen atoms in total. The fraction of sp³-hybridized carbons (Fsp3) is 0.476. The van der Waals surface area contributed by atoms with Crippen LogP contribution in [0.5, 0.6) is 0 Å². The maximum absolute atomic E-state index is 11.0. The number of hydrogen-bond acceptors (Lipinski definition) is 3. The molecule has 1 aliphatic carbocycles. The molecule has 3 heteroatoms. The monoisotopic (exact) mass is 322 g/mol. The van der Waals surface area contributed by atoms with E-state index in [1.807, 2.05) is 25.1 Å². The van der Waals surface area contributed by atoms with Crippen LogP contribution in [0.4, 0.5) is 0 Å². The lowest BCUT2D eigenvalue weighted by atomic mass is 9.76. The Balaban J connectivity index is 2.09. The van der Waals surface area contributed by atoms with Crippen molar-refractivity contribution in [2.75, 3.05) is 0 Å². The van der Waals surface area contributed by atoms with Gasteiger partial charge in [-0.3, -0.25) is 0 Å². The summed E-state index contributed by atoms with van der Waals surface area (Å²) in [4.78, 5) is 2.36. The maximum Gasteiger partial charge on any atom is 0.0991 e. The molecular weight excluding hydrogens is 296 g/mol. The van der Waals surface area contributed by atoms with Crippen LogP contribution in [0.15, 0.2) is 48.2 Å². The lowest BCUT2D eigenvalue weighted by Crippen LogP contribution is -2.58. The quantitative estimate of drug-likeness (QED) is 0.886. The second kappa shape index (κ2) is 6.11. The van der Waals surface area contributed by atoms with E-state index in [4.69, 9.17) is 0 Å². The topological polar surface area (TPSA) is 47.3 Å². The summed E-state index contributed by atoms with van der Waals surface area (Å²) in [7, 11) is 0. The Bertz CT molecular complexity index is 726. The van der Waals surface area contributed by atoms with Crippen LogP contribution in [0.3, 0.4) is 0 Å². The molecule has 126 valence electrons. The summed E-state index contributed by atoms with van der Waals surface area (Å²) in [5, 5.41) is 20.3. The van der Waals surface area contributed by atoms with Crippen LogP contribution in [0.25, 0.3) is 0 Å². The third kappa shape index (κ3) is 2.76. The van der Waals surface area contributed by atoms with Gasteiger partial charge in [-0.2, -0.15) is 5.26 Å². The zero-order valence-electron chi connectivity index (χ0n) is 14.8. The first kappa shape index (κ1) is 16.8. The van der Waals surface area contributed by atoms with Crippen molar-refractivity contribution in [1.29, 1.82) is 5.26 Å². The van der Waals surface area contributed by atoms with Crippen molar-refractivity contribution in [3.63, 3.8) is 0 Å². The second-order valence-electron chi connectivity index (χ2n) is 7.50. The molecule has 1 saturated carbocycles. The van der Waals surface area contributed by atoms with E-state index in [9.17, 15) is 10.4 Å². The van der Waals surface area contributed by atoms with E-state index in [2.05, 4.69) is 49.1 Å². The van der Waals surface area contributed by atoms with Crippen LogP contribution in [0.2, 0.25) is 0 Å². The summed E-state index contributed by atoms with van der Waals surface area (Å²) in [5.74, 6) is 0. The highest BCUT2D eigenvalue weighted by Gasteiger charge is 2.45. The van der Waals surface area contributed by atoms with Gasteiger partial charge in [0, 0.05) is 5.70 Å². The van der Waals surface area contributed by atoms with Crippen LogP contribution >= 0.6 is 0 Å². The molecule has 1 heterocycles. The lowest BCUT2D eigenvalue weighted by molar-refractivity contribution is -0.0727. The molecule has 3 atom stereocenters. The molecule has 1 aromatic carbocycles. The number of benzene rings is 1. The van der Waals surface area contributed by atoms with Gasteiger partial charge in [-0.25, -0.2) is 0 Å². The van der Waals surface area contributed by atoms with Crippen molar-refractivity contribution in [1.82, 2.24) is 4.90 Å². The molecule has 1 fully saturated rings. The van der Waals surface area contributed by atoms with Gasteiger partial charge >= 0.3 is 0 Å². The van der Waals surface area contributed by atoms with E-state index in [1.165, 1.54) is 0 Å². The molecule has 0 radical (unpaired) electrons. The molecule has 0 saturated heterocycles. The Hall–Kier alpha value is -2.05. The molecule has 3 rings (SSSR count). The van der Waals surface area contributed by atoms with Crippen LogP contribution in [0, 0.1) is 11.3 Å². The summed E-state index contributed by atoms with van der Waals surface area (Å²) in [6, 6.07) is 10.1. The summed E-state index contributed by atoms with van der Waals surface area (Å²) in [5.41, 5.74) is 1.86. The normalized spacial score (nSPS) is 33.0. The van der Waals surface area contributed by atoms with Gasteiger partial charge in [-0.1, -0.05) is 37.1 Å². The first-order chi connectivity index (χ1) is 11.4. The molecule has 1 N–H and O–H groups in total. The molecule has 24 heavy (non-hydrogen) atoms. The highest BCUT2D eigenvalue weighted by atomic mass is 16.3. The third-order valence-electron chi connectivity index (χ3n) is 5.65. The van der Waals surface area contributed by atoms with Crippen LogP contribution in [-0.2, 0) is 5.54 Å². The Morgan fingerprint density at radius 3 is 2.79 bits per heavy atom. The molecule has 0 spiro atoms. The Morgan fingerprint density at radius 2 is 2.08 bits per heavy atom. The lowest BCUT2D eigenvalue weighted by Gasteiger charge is -2.54.